The molecule has 3 aromatic rings. The van der Waals surface area contributed by atoms with Crippen LogP contribution in [0.15, 0.2) is 42.5 Å². The molecule has 0 saturated carbocycles. The monoisotopic (exact) mass is 618 g/mol. The van der Waals surface area contributed by atoms with Crippen molar-refractivity contribution in [1.29, 1.82) is 0 Å². The van der Waals surface area contributed by atoms with Crippen LogP contribution in [0.3, 0.4) is 0 Å². The van der Waals surface area contributed by atoms with Crippen LogP contribution in [-0.2, 0) is 4.74 Å². The zero-order valence-corrected chi connectivity index (χ0v) is 25.9. The molecule has 44 heavy (non-hydrogen) atoms. The minimum atomic E-state index is -0.502. The number of benzene rings is 2. The van der Waals surface area contributed by atoms with Crippen molar-refractivity contribution in [3.05, 3.63) is 58.9 Å². The third kappa shape index (κ3) is 5.90. The van der Waals surface area contributed by atoms with Gasteiger partial charge in [0.1, 0.15) is 11.3 Å². The maximum Gasteiger partial charge on any atom is 0.319 e. The van der Waals surface area contributed by atoms with Gasteiger partial charge in [-0.2, -0.15) is 9.97 Å². The van der Waals surface area contributed by atoms with E-state index in [2.05, 4.69) is 20.1 Å². The van der Waals surface area contributed by atoms with E-state index < -0.39 is 5.82 Å². The van der Waals surface area contributed by atoms with Crippen LogP contribution in [0.5, 0.6) is 6.01 Å². The fourth-order valence-electron chi connectivity index (χ4n) is 7.38. The Morgan fingerprint density at radius 2 is 1.84 bits per heavy atom. The maximum absolute atomic E-state index is 16.7. The topological polar surface area (TPSA) is 88.8 Å². The van der Waals surface area contributed by atoms with Gasteiger partial charge in [-0.15, -0.1) is 0 Å². The number of nitrogens with zero attached hydrogens (tertiary/aromatic N) is 4. The van der Waals surface area contributed by atoms with E-state index in [9.17, 15) is 0 Å². The molecule has 0 aliphatic carbocycles. The molecule has 0 radical (unpaired) electrons. The molecule has 8 nitrogen and oxygen atoms in total. The van der Waals surface area contributed by atoms with Gasteiger partial charge in [-0.3, -0.25) is 4.90 Å². The van der Waals surface area contributed by atoms with E-state index in [1.165, 1.54) is 12.8 Å². The number of halogens is 2. The van der Waals surface area contributed by atoms with Gasteiger partial charge in [0.05, 0.1) is 24.8 Å². The third-order valence-corrected chi connectivity index (χ3v) is 9.70. The van der Waals surface area contributed by atoms with E-state index in [4.69, 9.17) is 31.8 Å². The Morgan fingerprint density at radius 1 is 1.07 bits per heavy atom. The van der Waals surface area contributed by atoms with Crippen LogP contribution in [0.4, 0.5) is 15.9 Å². The molecule has 1 aromatic heterocycles. The number of hydrogen-bond donors (Lipinski definition) is 2. The van der Waals surface area contributed by atoms with Gasteiger partial charge in [-0.25, -0.2) is 4.39 Å². The summed E-state index contributed by atoms with van der Waals surface area (Å²) in [7, 11) is 0. The minimum absolute atomic E-state index is 0.193. The van der Waals surface area contributed by atoms with Gasteiger partial charge >= 0.3 is 6.01 Å². The molecule has 4 saturated heterocycles. The maximum atomic E-state index is 16.7. The highest BCUT2D eigenvalue weighted by Gasteiger charge is 2.37. The van der Waals surface area contributed by atoms with E-state index in [0.29, 0.717) is 58.3 Å². The van der Waals surface area contributed by atoms with Crippen molar-refractivity contribution in [3.8, 4) is 17.1 Å². The largest absolute Gasteiger partial charge is 0.463 e. The highest BCUT2D eigenvalue weighted by Crippen LogP contribution is 2.40. The molecule has 4 aliphatic heterocycles. The molecule has 4 aliphatic rings. The van der Waals surface area contributed by atoms with Gasteiger partial charge in [0.15, 0.2) is 5.82 Å². The van der Waals surface area contributed by atoms with Crippen LogP contribution < -0.4 is 20.7 Å². The number of nitrogens with two attached hydrogens (primary N) is 1. The molecule has 7 rings (SSSR count). The SMILES string of the molecule is C/C=C\C=C/c1cc(N)cc(-c2c(Cl)cc3c(N4CC5CCC(C4)N5)nc(OCCCN4C5CCC4COC5)nc3c2F)c1. The number of allylic oxidation sites excluding steroid dienone is 3. The number of nitrogens with one attached hydrogen (secondary N) is 1. The van der Waals surface area contributed by atoms with E-state index in [0.717, 1.165) is 57.7 Å². The number of ether oxygens (including phenoxy) is 2. The van der Waals surface area contributed by atoms with Crippen LogP contribution in [0.25, 0.3) is 28.1 Å². The van der Waals surface area contributed by atoms with Crippen LogP contribution in [0, 0.1) is 5.82 Å². The summed E-state index contributed by atoms with van der Waals surface area (Å²) >= 11 is 6.86. The summed E-state index contributed by atoms with van der Waals surface area (Å²) in [6.45, 7) is 6.55. The number of anilines is 2. The smallest absolute Gasteiger partial charge is 0.319 e. The van der Waals surface area contributed by atoms with Crippen LogP contribution in [0.1, 0.15) is 44.6 Å². The van der Waals surface area contributed by atoms with E-state index in [-0.39, 0.29) is 17.1 Å². The summed E-state index contributed by atoms with van der Waals surface area (Å²) in [5.74, 6) is 0.169. The Kier molecular flexibility index (Phi) is 8.46. The number of nitrogen functional groups attached to an aromatic ring is 1. The summed E-state index contributed by atoms with van der Waals surface area (Å²) in [5.41, 5.74) is 8.69. The van der Waals surface area contributed by atoms with E-state index in [1.54, 1.807) is 12.1 Å². The molecule has 2 aromatic carbocycles. The lowest BCUT2D eigenvalue weighted by Gasteiger charge is -2.34. The molecule has 0 spiro atoms. The standard InChI is InChI=1S/C34H40ClFN6O2/c1-2-3-4-6-21-13-22(15-23(37)14-21)30-29(35)16-28-32(31(30)36)39-34(40-33(28)41-17-24-7-8-25(18-41)38-24)44-12-5-11-42-26-9-10-27(42)20-43-19-26/h2-4,6,13-16,24-27,38H,5,7-12,17-20,37H2,1H3/b3-2-,6-4-. The number of morpholine rings is 1. The number of hydrogen-bond acceptors (Lipinski definition) is 8. The molecule has 0 amide bonds. The van der Waals surface area contributed by atoms with Gasteiger partial charge in [-0.05, 0) is 74.4 Å². The second-order valence-electron chi connectivity index (χ2n) is 12.5. The summed E-state index contributed by atoms with van der Waals surface area (Å²) in [6, 6.07) is 9.24. The molecule has 4 unspecified atom stereocenters. The average Bonchev–Trinajstić information content (AvgIpc) is 3.45. The lowest BCUT2D eigenvalue weighted by atomic mass is 9.99. The lowest BCUT2D eigenvalue weighted by Crippen LogP contribution is -2.51. The highest BCUT2D eigenvalue weighted by molar-refractivity contribution is 6.34. The zero-order valence-electron chi connectivity index (χ0n) is 25.1. The summed E-state index contributed by atoms with van der Waals surface area (Å²) < 4.78 is 28.5. The van der Waals surface area contributed by atoms with Gasteiger partial charge in [0.2, 0.25) is 0 Å². The second kappa shape index (κ2) is 12.6. The first-order valence-electron chi connectivity index (χ1n) is 15.8. The second-order valence-corrected chi connectivity index (χ2v) is 12.9. The normalized spacial score (nSPS) is 25.2. The first kappa shape index (κ1) is 29.5. The van der Waals surface area contributed by atoms with Crippen molar-refractivity contribution in [1.82, 2.24) is 20.2 Å². The van der Waals surface area contributed by atoms with Crippen molar-refractivity contribution >= 4 is 40.1 Å². The molecule has 10 heteroatoms. The predicted molar refractivity (Wildman–Crippen MR) is 175 cm³/mol. The molecule has 4 bridgehead atoms. The van der Waals surface area contributed by atoms with Gasteiger partial charge in [-0.1, -0.05) is 35.9 Å². The Bertz CT molecular complexity index is 1570. The Balaban J connectivity index is 1.22. The van der Waals surface area contributed by atoms with Gasteiger partial charge in [0.25, 0.3) is 0 Å². The summed E-state index contributed by atoms with van der Waals surface area (Å²) in [4.78, 5) is 14.3. The van der Waals surface area contributed by atoms with Crippen molar-refractivity contribution in [2.45, 2.75) is 63.2 Å². The molecule has 4 atom stereocenters. The van der Waals surface area contributed by atoms with Gasteiger partial charge < -0.3 is 25.4 Å². The van der Waals surface area contributed by atoms with Crippen LogP contribution in [-0.4, -0.2) is 78.5 Å². The van der Waals surface area contributed by atoms with E-state index in [1.807, 2.05) is 43.4 Å². The molecule has 232 valence electrons. The summed E-state index contributed by atoms with van der Waals surface area (Å²) in [5, 5.41) is 4.55. The molecular formula is C34H40ClFN6O2. The van der Waals surface area contributed by atoms with Crippen LogP contribution >= 0.6 is 11.6 Å². The average molecular weight is 619 g/mol. The van der Waals surface area contributed by atoms with Crippen molar-refractivity contribution in [2.24, 2.45) is 0 Å². The van der Waals surface area contributed by atoms with Crippen LogP contribution in [0.2, 0.25) is 5.02 Å². The van der Waals surface area contributed by atoms with Gasteiger partial charge in [0, 0.05) is 60.4 Å². The third-order valence-electron chi connectivity index (χ3n) is 9.40. The van der Waals surface area contributed by atoms with Crippen molar-refractivity contribution < 1.29 is 13.9 Å². The van der Waals surface area contributed by atoms with E-state index >= 15 is 4.39 Å². The lowest BCUT2D eigenvalue weighted by molar-refractivity contribution is -0.0161. The Labute approximate surface area is 263 Å². The molecular weight excluding hydrogens is 579 g/mol. The number of piperazine rings is 1. The fraction of sp³-hybridized carbons (Fsp3) is 0.471. The molecule has 3 N–H and O–H groups in total. The van der Waals surface area contributed by atoms with Crippen molar-refractivity contribution in [2.75, 3.05) is 50.1 Å². The first-order valence-corrected chi connectivity index (χ1v) is 16.2. The molecule has 5 heterocycles. The van der Waals surface area contributed by atoms with Crippen molar-refractivity contribution in [3.63, 3.8) is 0 Å². The Morgan fingerprint density at radius 3 is 2.59 bits per heavy atom. The quantitative estimate of drug-likeness (QED) is 0.176. The zero-order chi connectivity index (χ0) is 30.2. The number of aromatic nitrogens is 2. The first-order chi connectivity index (χ1) is 21.5. The fourth-order valence-corrected chi connectivity index (χ4v) is 7.68. The highest BCUT2D eigenvalue weighted by atomic mass is 35.5. The Hall–Kier alpha value is -3.24. The number of fused-ring (bicyclic) bond motifs is 5. The molecule has 4 fully saturated rings. The summed E-state index contributed by atoms with van der Waals surface area (Å²) in [6.07, 6.45) is 13.2. The predicted octanol–water partition coefficient (Wildman–Crippen LogP) is 5.83. The minimum Gasteiger partial charge on any atom is -0.463 e. The number of rotatable bonds is 9.